The van der Waals surface area contributed by atoms with E-state index >= 15 is 0 Å². The van der Waals surface area contributed by atoms with Crippen LogP contribution in [0.3, 0.4) is 0 Å². The minimum Gasteiger partial charge on any atom is -0.328 e. The molecule has 1 unspecified atom stereocenters. The molecule has 2 rings (SSSR count). The number of rotatable bonds is 1. The van der Waals surface area contributed by atoms with Crippen LogP contribution in [0.2, 0.25) is 0 Å². The fraction of sp³-hybridized carbons (Fsp3) is 0.0909. The second-order valence-corrected chi connectivity index (χ2v) is 3.29. The van der Waals surface area contributed by atoms with E-state index < -0.39 is 0 Å². The summed E-state index contributed by atoms with van der Waals surface area (Å²) in [5, 5.41) is 1.22. The maximum atomic E-state index is 5.38. The van der Waals surface area contributed by atoms with Crippen molar-refractivity contribution in [3.8, 4) is 0 Å². The smallest absolute Gasteiger partial charge is 0.328 e. The van der Waals surface area contributed by atoms with E-state index in [9.17, 15) is 0 Å². The Hall–Kier alpha value is -0.391. The minimum atomic E-state index is 0. The quantitative estimate of drug-likeness (QED) is 0.464. The summed E-state index contributed by atoms with van der Waals surface area (Å²) in [4.78, 5) is 0. The molecule has 0 saturated heterocycles. The second-order valence-electron chi connectivity index (χ2n) is 2.67. The van der Waals surface area contributed by atoms with Crippen LogP contribution in [0.5, 0.6) is 0 Å². The first-order valence-corrected chi connectivity index (χ1v) is 4.79. The normalized spacial score (nSPS) is 8.43. The summed E-state index contributed by atoms with van der Waals surface area (Å²) < 4.78 is 0. The largest absolute Gasteiger partial charge is 2.00 e. The number of nitrogens with two attached hydrogens (primary N) is 1. The third kappa shape index (κ3) is 4.74. The molecule has 14 heavy (non-hydrogen) atoms. The maximum Gasteiger partial charge on any atom is 2.00 e. The third-order valence-electron chi connectivity index (χ3n) is 1.72. The van der Waals surface area contributed by atoms with Crippen molar-refractivity contribution in [1.82, 2.24) is 0 Å². The molecule has 0 aliphatic heterocycles. The summed E-state index contributed by atoms with van der Waals surface area (Å²) >= 11 is 0. The molecule has 2 aromatic rings. The Morgan fingerprint density at radius 2 is 1.93 bits per heavy atom. The van der Waals surface area contributed by atoms with Gasteiger partial charge in [-0.1, -0.05) is 0 Å². The minimum absolute atomic E-state index is 0. The van der Waals surface area contributed by atoms with Gasteiger partial charge in [0.05, 0.1) is 0 Å². The van der Waals surface area contributed by atoms with Gasteiger partial charge < -0.3 is 5.73 Å². The van der Waals surface area contributed by atoms with Gasteiger partial charge in [0.25, 0.3) is 0 Å². The summed E-state index contributed by atoms with van der Waals surface area (Å²) in [7, 11) is 2.64. The Balaban J connectivity index is 0.000000246. The van der Waals surface area contributed by atoms with E-state index in [0.717, 1.165) is 0 Å². The first kappa shape index (κ1) is 13.6. The van der Waals surface area contributed by atoms with Crippen molar-refractivity contribution >= 4 is 14.5 Å². The van der Waals surface area contributed by atoms with E-state index in [1.54, 1.807) is 0 Å². The average molecular weight is 247 g/mol. The van der Waals surface area contributed by atoms with Crippen molar-refractivity contribution in [2.45, 2.75) is 6.54 Å². The van der Waals surface area contributed by atoms with E-state index in [4.69, 9.17) is 5.73 Å². The van der Waals surface area contributed by atoms with Gasteiger partial charge in [-0.2, -0.15) is 33.5 Å². The van der Waals surface area contributed by atoms with Gasteiger partial charge in [-0.15, -0.1) is 10.9 Å². The average Bonchev–Trinajstić information content (AvgIpc) is 2.76. The zero-order valence-electron chi connectivity index (χ0n) is 7.83. The molecule has 0 heterocycles. The molecule has 0 spiro atoms. The van der Waals surface area contributed by atoms with Crippen LogP contribution in [0.15, 0.2) is 48.5 Å². The molecule has 1 atom stereocenters. The van der Waals surface area contributed by atoms with Gasteiger partial charge in [-0.05, 0) is 6.54 Å². The Morgan fingerprint density at radius 3 is 2.14 bits per heavy atom. The Kier molecular flexibility index (Phi) is 7.74. The summed E-state index contributed by atoms with van der Waals surface area (Å²) in [6.07, 6.45) is 0. The van der Waals surface area contributed by atoms with Crippen molar-refractivity contribution in [3.05, 3.63) is 54.1 Å². The van der Waals surface area contributed by atoms with Gasteiger partial charge in [0.1, 0.15) is 0 Å². The molecule has 76 valence electrons. The number of hydrogen-bond donors (Lipinski definition) is 1. The van der Waals surface area contributed by atoms with Crippen LogP contribution >= 0.6 is 9.24 Å². The molecular formula is C11H14FeNP. The van der Waals surface area contributed by atoms with E-state index in [1.165, 1.54) is 10.9 Å². The van der Waals surface area contributed by atoms with Gasteiger partial charge in [-0.3, -0.25) is 0 Å². The zero-order chi connectivity index (χ0) is 9.52. The summed E-state index contributed by atoms with van der Waals surface area (Å²) in [5.41, 5.74) is 6.60. The zero-order valence-corrected chi connectivity index (χ0v) is 10.1. The van der Waals surface area contributed by atoms with Crippen LogP contribution in [0.25, 0.3) is 0 Å². The van der Waals surface area contributed by atoms with Crippen LogP contribution < -0.4 is 11.0 Å². The van der Waals surface area contributed by atoms with Crippen molar-refractivity contribution in [1.29, 1.82) is 0 Å². The van der Waals surface area contributed by atoms with E-state index in [1.807, 2.05) is 48.5 Å². The van der Waals surface area contributed by atoms with Gasteiger partial charge in [-0.25, -0.2) is 24.3 Å². The standard InChI is InChI=1S/C6H9NP.C5H5.Fe/c7-4-5-2-1-3-6(5)8;1-2-4-5-3-1;/h1-3H,4,7-8H2;1-5H;/q2*-1;+2. The van der Waals surface area contributed by atoms with Gasteiger partial charge in [0.15, 0.2) is 0 Å². The topological polar surface area (TPSA) is 26.0 Å². The predicted molar refractivity (Wildman–Crippen MR) is 61.3 cm³/mol. The molecular weight excluding hydrogens is 233 g/mol. The van der Waals surface area contributed by atoms with E-state index in [2.05, 4.69) is 9.24 Å². The van der Waals surface area contributed by atoms with E-state index in [-0.39, 0.29) is 17.1 Å². The SMILES string of the molecule is NCc1ccc[c-]1P.[Fe+2].c1cc[cH-]c1. The van der Waals surface area contributed by atoms with Crippen molar-refractivity contribution < 1.29 is 17.1 Å². The Labute approximate surface area is 98.1 Å². The molecule has 3 heteroatoms. The molecule has 2 aromatic carbocycles. The van der Waals surface area contributed by atoms with Crippen LogP contribution in [0.1, 0.15) is 5.56 Å². The molecule has 0 amide bonds. The van der Waals surface area contributed by atoms with E-state index in [0.29, 0.717) is 6.54 Å². The van der Waals surface area contributed by atoms with Crippen LogP contribution in [0, 0.1) is 0 Å². The summed E-state index contributed by atoms with van der Waals surface area (Å²) in [6.45, 7) is 0.645. The van der Waals surface area contributed by atoms with Gasteiger partial charge >= 0.3 is 17.1 Å². The molecule has 2 N–H and O–H groups in total. The fourth-order valence-electron chi connectivity index (χ4n) is 0.978. The van der Waals surface area contributed by atoms with Crippen molar-refractivity contribution in [2.24, 2.45) is 5.73 Å². The predicted octanol–water partition coefficient (Wildman–Crippen LogP) is 1.77. The third-order valence-corrected chi connectivity index (χ3v) is 2.28. The first-order chi connectivity index (χ1) is 6.34. The first-order valence-electron chi connectivity index (χ1n) is 4.21. The monoisotopic (exact) mass is 247 g/mol. The maximum absolute atomic E-state index is 5.38. The number of hydrogen-bond acceptors (Lipinski definition) is 1. The molecule has 0 fully saturated rings. The summed E-state index contributed by atoms with van der Waals surface area (Å²) in [5.74, 6) is 0. The summed E-state index contributed by atoms with van der Waals surface area (Å²) in [6, 6.07) is 16.1. The van der Waals surface area contributed by atoms with Crippen LogP contribution in [-0.4, -0.2) is 0 Å². The van der Waals surface area contributed by atoms with Crippen LogP contribution in [-0.2, 0) is 23.6 Å². The van der Waals surface area contributed by atoms with Crippen LogP contribution in [0.4, 0.5) is 0 Å². The van der Waals surface area contributed by atoms with Crippen molar-refractivity contribution in [3.63, 3.8) is 0 Å². The molecule has 0 aliphatic carbocycles. The molecule has 1 nitrogen and oxygen atoms in total. The Bertz CT molecular complexity index is 296. The van der Waals surface area contributed by atoms with Gasteiger partial charge in [0, 0.05) is 0 Å². The molecule has 0 saturated carbocycles. The second kappa shape index (κ2) is 7.96. The molecule has 0 aliphatic rings. The van der Waals surface area contributed by atoms with Crippen molar-refractivity contribution in [2.75, 3.05) is 0 Å². The molecule has 0 aromatic heterocycles. The fourth-order valence-corrected chi connectivity index (χ4v) is 1.30. The van der Waals surface area contributed by atoms with Gasteiger partial charge in [0.2, 0.25) is 0 Å². The Morgan fingerprint density at radius 1 is 1.29 bits per heavy atom. The molecule has 0 radical (unpaired) electrons. The molecule has 0 bridgehead atoms.